The molecule has 0 saturated carbocycles. The van der Waals surface area contributed by atoms with Crippen LogP contribution in [0.2, 0.25) is 0 Å². The highest BCUT2D eigenvalue weighted by molar-refractivity contribution is 5.91. The van der Waals surface area contributed by atoms with Crippen molar-refractivity contribution >= 4 is 35.5 Å². The number of halogens is 1. The highest BCUT2D eigenvalue weighted by Crippen LogP contribution is 2.18. The lowest BCUT2D eigenvalue weighted by atomic mass is 9.92. The molecule has 15 heteroatoms. The van der Waals surface area contributed by atoms with Gasteiger partial charge < -0.3 is 31.3 Å². The number of rotatable bonds is 15. The van der Waals surface area contributed by atoms with Gasteiger partial charge in [0, 0.05) is 24.7 Å². The Morgan fingerprint density at radius 2 is 1.89 bits per heavy atom. The van der Waals surface area contributed by atoms with Gasteiger partial charge in [0.05, 0.1) is 12.4 Å². The number of aromatic nitrogens is 3. The van der Waals surface area contributed by atoms with E-state index in [0.29, 0.717) is 29.8 Å². The lowest BCUT2D eigenvalue weighted by molar-refractivity contribution is -0.143. The maximum atomic E-state index is 12.4. The van der Waals surface area contributed by atoms with E-state index < -0.39 is 60.9 Å². The van der Waals surface area contributed by atoms with Crippen molar-refractivity contribution in [3.8, 4) is 0 Å². The zero-order valence-electron chi connectivity index (χ0n) is 20.5. The Morgan fingerprint density at radius 1 is 1.16 bits per heavy atom. The number of carbonyl (C=O) groups excluding carboxylic acids is 2. The monoisotopic (exact) mass is 536 g/mol. The fourth-order valence-electron chi connectivity index (χ4n) is 3.44. The Kier molecular flexibility index (Phi) is 10.7. The van der Waals surface area contributed by atoms with E-state index in [4.69, 9.17) is 5.11 Å². The predicted molar refractivity (Wildman–Crippen MR) is 129 cm³/mol. The molecule has 3 amide bonds. The van der Waals surface area contributed by atoms with Crippen LogP contribution in [0.3, 0.4) is 0 Å². The summed E-state index contributed by atoms with van der Waals surface area (Å²) in [6.07, 6.45) is 1.10. The summed E-state index contributed by atoms with van der Waals surface area (Å²) >= 11 is 0. The normalized spacial score (nSPS) is 13.1. The number of hydrogen-bond donors (Lipinski definition) is 6. The molecule has 38 heavy (non-hydrogen) atoms. The first-order valence-corrected chi connectivity index (χ1v) is 11.5. The van der Waals surface area contributed by atoms with E-state index >= 15 is 0 Å². The number of amides is 3. The van der Waals surface area contributed by atoms with Gasteiger partial charge in [0.2, 0.25) is 5.91 Å². The average molecular weight is 537 g/mol. The molecular weight excluding hydrogens is 507 g/mol. The summed E-state index contributed by atoms with van der Waals surface area (Å²) in [5.41, 5.74) is -0.539. The summed E-state index contributed by atoms with van der Waals surface area (Å²) in [6, 6.07) is 3.61. The molecular formula is C23H29FN6O8. The van der Waals surface area contributed by atoms with Gasteiger partial charge >= 0.3 is 23.9 Å². The fraction of sp³-hybridized carbons (Fsp3) is 0.435. The van der Waals surface area contributed by atoms with Gasteiger partial charge in [-0.1, -0.05) is 17.3 Å². The number of carboxylic acids is 3. The number of aryl methyl sites for hydroxylation is 1. The standard InChI is InChI=1S/C23H29FN6O8/c1-23(21(36)37,27-22(38)26-17(20(34)35)7-8-19(32)33)11-14-4-2-5-15(10-14)25-18(31)13-30-12-16(28-29-30)6-3-9-24/h2,4-5,10,12,17H,3,6-9,11,13H2,1H3,(H,25,31)(H,32,33)(H,34,35)(H,36,37)(H2,26,27,38)/t17-,23?/m0/s1. The third-order valence-corrected chi connectivity index (χ3v) is 5.34. The van der Waals surface area contributed by atoms with E-state index in [2.05, 4.69) is 26.3 Å². The topological polar surface area (TPSA) is 213 Å². The lowest BCUT2D eigenvalue weighted by Gasteiger charge is -2.27. The molecule has 0 aliphatic heterocycles. The number of carboxylic acid groups (broad SMARTS) is 3. The summed E-state index contributed by atoms with van der Waals surface area (Å²) in [5, 5.41) is 42.3. The SMILES string of the molecule is CC(Cc1cccc(NC(=O)Cn2cc(CCCF)nn2)c1)(NC(=O)N[C@@H](CCC(=O)O)C(=O)O)C(=O)O. The van der Waals surface area contributed by atoms with Crippen LogP contribution in [0.4, 0.5) is 14.9 Å². The zero-order chi connectivity index (χ0) is 28.3. The molecule has 0 bridgehead atoms. The summed E-state index contributed by atoms with van der Waals surface area (Å²) in [7, 11) is 0. The van der Waals surface area contributed by atoms with Crippen molar-refractivity contribution in [1.82, 2.24) is 25.6 Å². The Balaban J connectivity index is 2.03. The molecule has 0 radical (unpaired) electrons. The van der Waals surface area contributed by atoms with Crippen molar-refractivity contribution in [3.05, 3.63) is 41.7 Å². The van der Waals surface area contributed by atoms with Gasteiger partial charge in [-0.2, -0.15) is 0 Å². The van der Waals surface area contributed by atoms with Crippen LogP contribution in [0.25, 0.3) is 0 Å². The van der Waals surface area contributed by atoms with Crippen LogP contribution in [-0.2, 0) is 38.6 Å². The smallest absolute Gasteiger partial charge is 0.329 e. The minimum atomic E-state index is -1.88. The van der Waals surface area contributed by atoms with Crippen LogP contribution in [0.1, 0.15) is 37.4 Å². The molecule has 0 saturated heterocycles. The molecule has 1 aromatic carbocycles. The first-order chi connectivity index (χ1) is 17.9. The molecule has 206 valence electrons. The van der Waals surface area contributed by atoms with Gasteiger partial charge in [-0.25, -0.2) is 19.1 Å². The number of hydrogen-bond acceptors (Lipinski definition) is 7. The number of alkyl halides is 1. The highest BCUT2D eigenvalue weighted by atomic mass is 19.1. The van der Waals surface area contributed by atoms with Crippen LogP contribution >= 0.6 is 0 Å². The molecule has 2 aromatic rings. The summed E-state index contributed by atoms with van der Waals surface area (Å²) in [4.78, 5) is 58.8. The van der Waals surface area contributed by atoms with Crippen LogP contribution < -0.4 is 16.0 Å². The fourth-order valence-corrected chi connectivity index (χ4v) is 3.44. The number of anilines is 1. The first kappa shape index (κ1) is 29.7. The number of nitrogens with one attached hydrogen (secondary N) is 3. The molecule has 1 heterocycles. The number of nitrogens with zero attached hydrogens (tertiary/aromatic N) is 3. The van der Waals surface area contributed by atoms with E-state index in [1.54, 1.807) is 18.2 Å². The third kappa shape index (κ3) is 9.48. The second-order valence-corrected chi connectivity index (χ2v) is 8.68. The molecule has 0 spiro atoms. The van der Waals surface area contributed by atoms with Gasteiger partial charge in [0.1, 0.15) is 18.1 Å². The maximum absolute atomic E-state index is 12.4. The Labute approximate surface area is 216 Å². The minimum Gasteiger partial charge on any atom is -0.481 e. The summed E-state index contributed by atoms with van der Waals surface area (Å²) in [5.74, 6) is -4.57. The van der Waals surface area contributed by atoms with Gasteiger partial charge in [-0.05, 0) is 43.9 Å². The van der Waals surface area contributed by atoms with Crippen molar-refractivity contribution in [1.29, 1.82) is 0 Å². The number of benzene rings is 1. The molecule has 1 aromatic heterocycles. The van der Waals surface area contributed by atoms with Crippen molar-refractivity contribution in [2.45, 2.75) is 57.2 Å². The number of urea groups is 1. The van der Waals surface area contributed by atoms with E-state index in [1.807, 2.05) is 0 Å². The number of aliphatic carboxylic acids is 3. The summed E-state index contributed by atoms with van der Waals surface area (Å²) in [6.45, 7) is 0.576. The van der Waals surface area contributed by atoms with E-state index in [-0.39, 0.29) is 13.0 Å². The van der Waals surface area contributed by atoms with Crippen molar-refractivity contribution in [2.75, 3.05) is 12.0 Å². The van der Waals surface area contributed by atoms with Crippen LogP contribution in [0.5, 0.6) is 0 Å². The Hall–Kier alpha value is -4.56. The first-order valence-electron chi connectivity index (χ1n) is 11.5. The molecule has 6 N–H and O–H groups in total. The van der Waals surface area contributed by atoms with Crippen molar-refractivity contribution in [3.63, 3.8) is 0 Å². The largest absolute Gasteiger partial charge is 0.481 e. The van der Waals surface area contributed by atoms with E-state index in [1.165, 1.54) is 23.9 Å². The molecule has 1 unspecified atom stereocenters. The van der Waals surface area contributed by atoms with Crippen LogP contribution in [0, 0.1) is 0 Å². The second-order valence-electron chi connectivity index (χ2n) is 8.68. The van der Waals surface area contributed by atoms with Crippen molar-refractivity contribution < 1.29 is 43.7 Å². The average Bonchev–Trinajstić information content (AvgIpc) is 3.26. The predicted octanol–water partition coefficient (Wildman–Crippen LogP) is 0.822. The van der Waals surface area contributed by atoms with Crippen LogP contribution in [0.15, 0.2) is 30.5 Å². The van der Waals surface area contributed by atoms with Gasteiger partial charge in [0.25, 0.3) is 0 Å². The van der Waals surface area contributed by atoms with Crippen molar-refractivity contribution in [2.24, 2.45) is 0 Å². The van der Waals surface area contributed by atoms with Gasteiger partial charge in [-0.3, -0.25) is 14.0 Å². The van der Waals surface area contributed by atoms with E-state index in [9.17, 15) is 38.6 Å². The molecule has 2 atom stereocenters. The Bertz CT molecular complexity index is 1170. The quantitative estimate of drug-likeness (QED) is 0.188. The second kappa shape index (κ2) is 13.7. The van der Waals surface area contributed by atoms with Gasteiger partial charge in [0.15, 0.2) is 0 Å². The molecule has 14 nitrogen and oxygen atoms in total. The van der Waals surface area contributed by atoms with Gasteiger partial charge in [-0.15, -0.1) is 5.10 Å². The maximum Gasteiger partial charge on any atom is 0.329 e. The summed E-state index contributed by atoms with van der Waals surface area (Å²) < 4.78 is 13.6. The lowest BCUT2D eigenvalue weighted by Crippen LogP contribution is -2.58. The zero-order valence-corrected chi connectivity index (χ0v) is 20.5. The Morgan fingerprint density at radius 3 is 2.53 bits per heavy atom. The highest BCUT2D eigenvalue weighted by Gasteiger charge is 2.36. The molecule has 0 fully saturated rings. The van der Waals surface area contributed by atoms with E-state index in [0.717, 1.165) is 0 Å². The molecule has 2 rings (SSSR count). The third-order valence-electron chi connectivity index (χ3n) is 5.34. The van der Waals surface area contributed by atoms with Crippen LogP contribution in [-0.4, -0.2) is 78.4 Å². The number of carbonyl (C=O) groups is 5. The molecule has 0 aliphatic carbocycles. The minimum absolute atomic E-state index is 0.159. The molecule has 0 aliphatic rings.